The van der Waals surface area contributed by atoms with Crippen molar-refractivity contribution >= 4 is 17.6 Å². The molecule has 2 heterocycles. The third kappa shape index (κ3) is 5.10. The summed E-state index contributed by atoms with van der Waals surface area (Å²) in [6, 6.07) is 4.09. The van der Waals surface area contributed by atoms with Crippen LogP contribution in [-0.2, 0) is 24.1 Å². The monoisotopic (exact) mass is 480 g/mol. The van der Waals surface area contributed by atoms with Gasteiger partial charge in [0.1, 0.15) is 6.04 Å². The molecule has 11 heteroatoms. The van der Waals surface area contributed by atoms with Crippen LogP contribution in [0.1, 0.15) is 53.6 Å². The molecule has 0 saturated heterocycles. The van der Waals surface area contributed by atoms with Crippen molar-refractivity contribution in [3.8, 4) is 0 Å². The van der Waals surface area contributed by atoms with E-state index in [1.54, 1.807) is 0 Å². The van der Waals surface area contributed by atoms with Crippen molar-refractivity contribution in [2.45, 2.75) is 63.5 Å². The molecule has 2 amide bonds. The van der Waals surface area contributed by atoms with Gasteiger partial charge in [0, 0.05) is 24.4 Å². The van der Waals surface area contributed by atoms with Gasteiger partial charge in [0.25, 0.3) is 5.91 Å². The largest absolute Gasteiger partial charge is 0.416 e. The van der Waals surface area contributed by atoms with Gasteiger partial charge in [0.15, 0.2) is 5.82 Å². The lowest BCUT2D eigenvalue weighted by Crippen LogP contribution is -2.45. The molecule has 1 aromatic carbocycles. The first-order valence-electron chi connectivity index (χ1n) is 11.3. The van der Waals surface area contributed by atoms with Crippen LogP contribution in [0, 0.1) is 5.92 Å². The number of hydrogen-bond acceptors (Lipinski definition) is 5. The zero-order valence-corrected chi connectivity index (χ0v) is 18.5. The van der Waals surface area contributed by atoms with Crippen molar-refractivity contribution in [1.82, 2.24) is 14.7 Å². The lowest BCUT2D eigenvalue weighted by molar-refractivity contribution is -0.138. The van der Waals surface area contributed by atoms with Crippen LogP contribution >= 0.6 is 0 Å². The van der Waals surface area contributed by atoms with E-state index in [1.165, 1.54) is 34.0 Å². The summed E-state index contributed by atoms with van der Waals surface area (Å²) in [7, 11) is 0. The highest BCUT2D eigenvalue weighted by atomic mass is 19.4. The summed E-state index contributed by atoms with van der Waals surface area (Å²) in [5.41, 5.74) is -0.991. The lowest BCUT2D eigenvalue weighted by atomic mass is 9.96. The number of carbonyl (C=O) groups is 2. The van der Waals surface area contributed by atoms with E-state index in [2.05, 4.69) is 10.4 Å². The Hall–Kier alpha value is -2.92. The molecule has 34 heavy (non-hydrogen) atoms. The van der Waals surface area contributed by atoms with Gasteiger partial charge in [-0.15, -0.1) is 0 Å². The Bertz CT molecular complexity index is 1050. The first-order valence-corrected chi connectivity index (χ1v) is 11.3. The van der Waals surface area contributed by atoms with Crippen LogP contribution in [0.25, 0.3) is 0 Å². The first kappa shape index (κ1) is 24.2. The summed E-state index contributed by atoms with van der Waals surface area (Å²) in [4.78, 5) is 27.6. The van der Waals surface area contributed by atoms with Gasteiger partial charge in [-0.25, -0.2) is 0 Å². The molecule has 0 radical (unpaired) electrons. The highest BCUT2D eigenvalue weighted by Gasteiger charge is 2.43. The number of benzene rings is 1. The molecule has 1 aliphatic carbocycles. The molecule has 1 aromatic heterocycles. The van der Waals surface area contributed by atoms with Gasteiger partial charge >= 0.3 is 6.18 Å². The van der Waals surface area contributed by atoms with Crippen molar-refractivity contribution in [2.24, 2.45) is 5.92 Å². The van der Waals surface area contributed by atoms with Crippen molar-refractivity contribution in [2.75, 3.05) is 11.9 Å². The SMILES string of the molecule is O=C(Nc1ccn(CC(O)CO)n1)C(CC1CCCC1)N1Cc2c(cccc2C(F)(F)F)C1=O. The van der Waals surface area contributed by atoms with Gasteiger partial charge < -0.3 is 20.4 Å². The molecule has 1 fully saturated rings. The van der Waals surface area contributed by atoms with Crippen LogP contribution < -0.4 is 5.32 Å². The van der Waals surface area contributed by atoms with Gasteiger partial charge in [0.05, 0.1) is 24.8 Å². The number of aromatic nitrogens is 2. The van der Waals surface area contributed by atoms with Crippen molar-refractivity contribution in [3.63, 3.8) is 0 Å². The molecule has 0 bridgehead atoms. The molecule has 2 aromatic rings. The first-order chi connectivity index (χ1) is 16.2. The Morgan fingerprint density at radius 3 is 2.65 bits per heavy atom. The average Bonchev–Trinajstić information content (AvgIpc) is 3.52. The van der Waals surface area contributed by atoms with Crippen LogP contribution in [0.3, 0.4) is 0 Å². The Labute approximate surface area is 194 Å². The number of carbonyl (C=O) groups excluding carboxylic acids is 2. The minimum atomic E-state index is -4.60. The van der Waals surface area contributed by atoms with Crippen LogP contribution in [-0.4, -0.2) is 55.5 Å². The number of amides is 2. The van der Waals surface area contributed by atoms with E-state index in [0.717, 1.165) is 31.7 Å². The quantitative estimate of drug-likeness (QED) is 0.539. The maximum atomic E-state index is 13.5. The van der Waals surface area contributed by atoms with E-state index in [0.29, 0.717) is 6.42 Å². The smallest absolute Gasteiger partial charge is 0.394 e. The number of anilines is 1. The number of halogens is 3. The Morgan fingerprint density at radius 2 is 1.97 bits per heavy atom. The molecule has 1 saturated carbocycles. The molecule has 1 aliphatic heterocycles. The number of hydrogen-bond donors (Lipinski definition) is 3. The predicted molar refractivity (Wildman–Crippen MR) is 116 cm³/mol. The highest BCUT2D eigenvalue weighted by Crippen LogP contribution is 2.39. The molecule has 8 nitrogen and oxygen atoms in total. The molecule has 184 valence electrons. The number of aliphatic hydroxyl groups is 2. The number of fused-ring (bicyclic) bond motifs is 1. The summed E-state index contributed by atoms with van der Waals surface area (Å²) in [6.07, 6.45) is 0.106. The molecule has 2 unspecified atom stereocenters. The summed E-state index contributed by atoms with van der Waals surface area (Å²) in [5, 5.41) is 25.4. The summed E-state index contributed by atoms with van der Waals surface area (Å²) in [5.74, 6) is -0.719. The van der Waals surface area contributed by atoms with E-state index < -0.39 is 42.3 Å². The minimum absolute atomic E-state index is 0.0258. The summed E-state index contributed by atoms with van der Waals surface area (Å²) < 4.78 is 42.0. The number of alkyl halides is 3. The molecule has 2 atom stereocenters. The van der Waals surface area contributed by atoms with Crippen LogP contribution in [0.2, 0.25) is 0 Å². The summed E-state index contributed by atoms with van der Waals surface area (Å²) >= 11 is 0. The van der Waals surface area contributed by atoms with Crippen LogP contribution in [0.5, 0.6) is 0 Å². The lowest BCUT2D eigenvalue weighted by Gasteiger charge is -2.29. The molecule has 4 rings (SSSR count). The van der Waals surface area contributed by atoms with Gasteiger partial charge in [-0.2, -0.15) is 18.3 Å². The number of rotatable bonds is 8. The third-order valence-electron chi connectivity index (χ3n) is 6.51. The maximum absolute atomic E-state index is 13.5. The van der Waals surface area contributed by atoms with E-state index in [4.69, 9.17) is 5.11 Å². The van der Waals surface area contributed by atoms with Crippen LogP contribution in [0.15, 0.2) is 30.5 Å². The van der Waals surface area contributed by atoms with Crippen molar-refractivity contribution in [1.29, 1.82) is 0 Å². The van der Waals surface area contributed by atoms with Gasteiger partial charge in [-0.05, 0) is 30.0 Å². The topological polar surface area (TPSA) is 108 Å². The average molecular weight is 480 g/mol. The molecule has 3 N–H and O–H groups in total. The fraction of sp³-hybridized carbons (Fsp3) is 0.522. The number of nitrogens with zero attached hydrogens (tertiary/aromatic N) is 3. The van der Waals surface area contributed by atoms with Gasteiger partial charge in [-0.3, -0.25) is 14.3 Å². The normalized spacial score (nSPS) is 18.3. The third-order valence-corrected chi connectivity index (χ3v) is 6.51. The number of nitrogens with one attached hydrogen (secondary N) is 1. The second-order valence-corrected chi connectivity index (χ2v) is 8.91. The summed E-state index contributed by atoms with van der Waals surface area (Å²) in [6.45, 7) is -0.702. The predicted octanol–water partition coefficient (Wildman–Crippen LogP) is 2.80. The molecule has 2 aliphatic rings. The second-order valence-electron chi connectivity index (χ2n) is 8.91. The zero-order chi connectivity index (χ0) is 24.5. The maximum Gasteiger partial charge on any atom is 0.416 e. The van der Waals surface area contributed by atoms with E-state index in [1.807, 2.05) is 0 Å². The second kappa shape index (κ2) is 9.75. The van der Waals surface area contributed by atoms with Gasteiger partial charge in [0.2, 0.25) is 5.91 Å². The molecule has 0 spiro atoms. The zero-order valence-electron chi connectivity index (χ0n) is 18.5. The minimum Gasteiger partial charge on any atom is -0.394 e. The Kier molecular flexibility index (Phi) is 6.94. The van der Waals surface area contributed by atoms with E-state index >= 15 is 0 Å². The fourth-order valence-corrected chi connectivity index (χ4v) is 4.82. The van der Waals surface area contributed by atoms with Crippen LogP contribution in [0.4, 0.5) is 19.0 Å². The van der Waals surface area contributed by atoms with Gasteiger partial charge in [-0.1, -0.05) is 31.7 Å². The highest BCUT2D eigenvalue weighted by molar-refractivity contribution is 6.03. The van der Waals surface area contributed by atoms with E-state index in [-0.39, 0.29) is 36.0 Å². The van der Waals surface area contributed by atoms with Crippen molar-refractivity contribution in [3.05, 3.63) is 47.2 Å². The van der Waals surface area contributed by atoms with E-state index in [9.17, 15) is 27.9 Å². The molecular formula is C23H27F3N4O4. The van der Waals surface area contributed by atoms with Crippen molar-refractivity contribution < 1.29 is 33.0 Å². The molecular weight excluding hydrogens is 453 g/mol. The Balaban J connectivity index is 1.57. The fourth-order valence-electron chi connectivity index (χ4n) is 4.82. The number of aliphatic hydroxyl groups excluding tert-OH is 2. The Morgan fingerprint density at radius 1 is 1.24 bits per heavy atom. The standard InChI is InChI=1S/C23H27F3N4O4/c24-23(25,26)18-7-3-6-16-17(18)12-30(22(16)34)19(10-14-4-1-2-5-14)21(33)27-20-8-9-29(28-20)11-15(32)13-31/h3,6-9,14-15,19,31-32H,1-2,4-5,10-13H2,(H,27,28,33).